The molecule has 7 heteroatoms. The minimum absolute atomic E-state index is 0.0949. The highest BCUT2D eigenvalue weighted by molar-refractivity contribution is 5.59. The van der Waals surface area contributed by atoms with E-state index in [0.717, 1.165) is 32.8 Å². The van der Waals surface area contributed by atoms with Gasteiger partial charge in [0.1, 0.15) is 5.82 Å². The van der Waals surface area contributed by atoms with Crippen molar-refractivity contribution in [3.05, 3.63) is 36.3 Å². The van der Waals surface area contributed by atoms with E-state index < -0.39 is 0 Å². The van der Waals surface area contributed by atoms with Crippen LogP contribution >= 0.6 is 0 Å². The van der Waals surface area contributed by atoms with E-state index in [-0.39, 0.29) is 11.4 Å². The fourth-order valence-corrected chi connectivity index (χ4v) is 4.45. The maximum atomic E-state index is 14.1. The summed E-state index contributed by atoms with van der Waals surface area (Å²) in [4.78, 5) is 7.11. The lowest BCUT2D eigenvalue weighted by atomic mass is 9.87. The largest absolute Gasteiger partial charge is 0.379 e. The van der Waals surface area contributed by atoms with Gasteiger partial charge in [0.15, 0.2) is 0 Å². The van der Waals surface area contributed by atoms with Gasteiger partial charge in [0.05, 0.1) is 25.1 Å². The van der Waals surface area contributed by atoms with Crippen molar-refractivity contribution >= 4 is 5.95 Å². The standard InChI is InChI=1S/C21H28FN5O/c22-18-8-4-3-7-17(18)19-15-24-26-20(25-19)23-16-21(9-5-1-2-6-10-21)27-11-13-28-14-12-27/h3-4,7-8,15H,1-2,5-6,9-14,16H2,(H,23,25,26). The van der Waals surface area contributed by atoms with Gasteiger partial charge in [-0.15, -0.1) is 5.10 Å². The number of anilines is 1. The van der Waals surface area contributed by atoms with E-state index >= 15 is 0 Å². The van der Waals surface area contributed by atoms with Crippen LogP contribution in [0.25, 0.3) is 11.3 Å². The predicted molar refractivity (Wildman–Crippen MR) is 107 cm³/mol. The molecule has 1 aromatic heterocycles. The predicted octanol–water partition coefficient (Wildman–Crippen LogP) is 3.51. The summed E-state index contributed by atoms with van der Waals surface area (Å²) < 4.78 is 19.7. The molecule has 2 aliphatic rings. The minimum Gasteiger partial charge on any atom is -0.379 e. The van der Waals surface area contributed by atoms with Crippen molar-refractivity contribution in [1.82, 2.24) is 20.1 Å². The highest BCUT2D eigenvalue weighted by Crippen LogP contribution is 2.33. The molecule has 28 heavy (non-hydrogen) atoms. The topological polar surface area (TPSA) is 63.2 Å². The van der Waals surface area contributed by atoms with Gasteiger partial charge in [-0.05, 0) is 25.0 Å². The van der Waals surface area contributed by atoms with E-state index in [4.69, 9.17) is 4.74 Å². The highest BCUT2D eigenvalue weighted by atomic mass is 19.1. The van der Waals surface area contributed by atoms with Crippen LogP contribution in [0.1, 0.15) is 38.5 Å². The van der Waals surface area contributed by atoms with Crippen LogP contribution in [-0.4, -0.2) is 58.5 Å². The van der Waals surface area contributed by atoms with Crippen molar-refractivity contribution in [3.63, 3.8) is 0 Å². The number of benzene rings is 1. The van der Waals surface area contributed by atoms with Crippen molar-refractivity contribution < 1.29 is 9.13 Å². The fourth-order valence-electron chi connectivity index (χ4n) is 4.45. The molecule has 1 N–H and O–H groups in total. The Bertz CT molecular complexity index is 773. The normalized spacial score (nSPS) is 20.5. The Morgan fingerprint density at radius 1 is 1.07 bits per heavy atom. The molecule has 0 atom stereocenters. The average molecular weight is 385 g/mol. The van der Waals surface area contributed by atoms with Gasteiger partial charge in [-0.25, -0.2) is 9.37 Å². The van der Waals surface area contributed by atoms with Crippen molar-refractivity contribution in [1.29, 1.82) is 0 Å². The van der Waals surface area contributed by atoms with E-state index in [0.29, 0.717) is 17.2 Å². The lowest BCUT2D eigenvalue weighted by molar-refractivity contribution is -0.0240. The van der Waals surface area contributed by atoms with Crippen LogP contribution in [0, 0.1) is 5.82 Å². The Kier molecular flexibility index (Phi) is 6.12. The van der Waals surface area contributed by atoms with Crippen LogP contribution in [0.2, 0.25) is 0 Å². The van der Waals surface area contributed by atoms with Gasteiger partial charge < -0.3 is 10.1 Å². The van der Waals surface area contributed by atoms with E-state index in [1.165, 1.54) is 50.8 Å². The first-order chi connectivity index (χ1) is 13.8. The Hall–Kier alpha value is -2.12. The Labute approximate surface area is 165 Å². The van der Waals surface area contributed by atoms with Gasteiger partial charge in [0.2, 0.25) is 5.95 Å². The second kappa shape index (κ2) is 8.92. The summed E-state index contributed by atoms with van der Waals surface area (Å²) in [7, 11) is 0. The van der Waals surface area contributed by atoms with Crippen molar-refractivity contribution in [3.8, 4) is 11.3 Å². The number of hydrogen-bond donors (Lipinski definition) is 1. The molecule has 1 aliphatic heterocycles. The van der Waals surface area contributed by atoms with Gasteiger partial charge in [0, 0.05) is 30.7 Å². The Morgan fingerprint density at radius 3 is 2.57 bits per heavy atom. The number of rotatable bonds is 5. The molecule has 1 saturated heterocycles. The Balaban J connectivity index is 1.52. The van der Waals surface area contributed by atoms with E-state index in [9.17, 15) is 4.39 Å². The summed E-state index contributed by atoms with van der Waals surface area (Å²) in [5, 5.41) is 11.6. The third kappa shape index (κ3) is 4.31. The third-order valence-electron chi connectivity index (χ3n) is 6.00. The molecule has 0 bridgehead atoms. The number of morpholine rings is 1. The molecular weight excluding hydrogens is 357 g/mol. The zero-order chi connectivity index (χ0) is 19.2. The first kappa shape index (κ1) is 19.2. The molecule has 2 heterocycles. The molecule has 2 aromatic rings. The molecule has 0 amide bonds. The van der Waals surface area contributed by atoms with Crippen molar-refractivity contribution in [2.45, 2.75) is 44.1 Å². The highest BCUT2D eigenvalue weighted by Gasteiger charge is 2.37. The lowest BCUT2D eigenvalue weighted by Gasteiger charge is -2.45. The van der Waals surface area contributed by atoms with Crippen LogP contribution in [-0.2, 0) is 4.74 Å². The second-order valence-electron chi connectivity index (χ2n) is 7.74. The van der Waals surface area contributed by atoms with Gasteiger partial charge in [-0.3, -0.25) is 4.90 Å². The molecule has 0 spiro atoms. The smallest absolute Gasteiger partial charge is 0.243 e. The van der Waals surface area contributed by atoms with Gasteiger partial charge in [0.25, 0.3) is 0 Å². The van der Waals surface area contributed by atoms with E-state index in [1.807, 2.05) is 0 Å². The average Bonchev–Trinajstić information content (AvgIpc) is 3.00. The van der Waals surface area contributed by atoms with Crippen LogP contribution in [0.5, 0.6) is 0 Å². The second-order valence-corrected chi connectivity index (χ2v) is 7.74. The maximum Gasteiger partial charge on any atom is 0.243 e. The van der Waals surface area contributed by atoms with Gasteiger partial charge in [-0.2, -0.15) is 5.10 Å². The first-order valence-corrected chi connectivity index (χ1v) is 10.3. The number of aromatic nitrogens is 3. The molecule has 0 unspecified atom stereocenters. The number of nitrogens with one attached hydrogen (secondary N) is 1. The van der Waals surface area contributed by atoms with Crippen LogP contribution in [0.15, 0.2) is 30.5 Å². The van der Waals surface area contributed by atoms with E-state index in [2.05, 4.69) is 25.4 Å². The summed E-state index contributed by atoms with van der Waals surface area (Å²) in [6.45, 7) is 4.30. The number of nitrogens with zero attached hydrogens (tertiary/aromatic N) is 4. The summed E-state index contributed by atoms with van der Waals surface area (Å²) in [5.41, 5.74) is 1.03. The molecule has 6 nitrogen and oxygen atoms in total. The summed E-state index contributed by atoms with van der Waals surface area (Å²) in [6, 6.07) is 6.62. The quantitative estimate of drug-likeness (QED) is 0.795. The zero-order valence-electron chi connectivity index (χ0n) is 16.2. The Morgan fingerprint density at radius 2 is 1.82 bits per heavy atom. The molecule has 2 fully saturated rings. The SMILES string of the molecule is Fc1ccccc1-c1cnnc(NCC2(N3CCOCC3)CCCCCC2)n1. The molecule has 150 valence electrons. The summed E-state index contributed by atoms with van der Waals surface area (Å²) >= 11 is 0. The van der Waals surface area contributed by atoms with Crippen LogP contribution in [0.3, 0.4) is 0 Å². The van der Waals surface area contributed by atoms with Crippen LogP contribution < -0.4 is 5.32 Å². The first-order valence-electron chi connectivity index (χ1n) is 10.3. The zero-order valence-corrected chi connectivity index (χ0v) is 16.2. The fraction of sp³-hybridized carbons (Fsp3) is 0.571. The molecule has 1 aromatic carbocycles. The minimum atomic E-state index is -0.303. The van der Waals surface area contributed by atoms with Gasteiger partial charge in [-0.1, -0.05) is 37.8 Å². The van der Waals surface area contributed by atoms with E-state index in [1.54, 1.807) is 18.2 Å². The van der Waals surface area contributed by atoms with Gasteiger partial charge >= 0.3 is 0 Å². The summed E-state index contributed by atoms with van der Waals surface area (Å²) in [6.07, 6.45) is 8.93. The number of ether oxygens (including phenoxy) is 1. The van der Waals surface area contributed by atoms with Crippen molar-refractivity contribution in [2.24, 2.45) is 0 Å². The third-order valence-corrected chi connectivity index (χ3v) is 6.00. The molecule has 1 aliphatic carbocycles. The lowest BCUT2D eigenvalue weighted by Crippen LogP contribution is -2.57. The summed E-state index contributed by atoms with van der Waals surface area (Å²) in [5.74, 6) is 0.153. The monoisotopic (exact) mass is 385 g/mol. The van der Waals surface area contributed by atoms with Crippen LogP contribution in [0.4, 0.5) is 10.3 Å². The number of halogens is 1. The van der Waals surface area contributed by atoms with Crippen molar-refractivity contribution in [2.75, 3.05) is 38.2 Å². The maximum absolute atomic E-state index is 14.1. The number of hydrogen-bond acceptors (Lipinski definition) is 6. The molecule has 0 radical (unpaired) electrons. The molecular formula is C21H28FN5O. The molecule has 4 rings (SSSR count). The molecule has 1 saturated carbocycles.